The molecule has 0 spiro atoms. The number of nitrogens with zero attached hydrogens (tertiary/aromatic N) is 6. The molecule has 3 fully saturated rings. The van der Waals surface area contributed by atoms with E-state index in [1.807, 2.05) is 48.6 Å². The summed E-state index contributed by atoms with van der Waals surface area (Å²) < 4.78 is 21.8. The molecule has 2 aliphatic carbocycles. The van der Waals surface area contributed by atoms with Crippen LogP contribution in [-0.2, 0) is 19.1 Å². The lowest BCUT2D eigenvalue weighted by molar-refractivity contribution is -0.156. The molecule has 0 unspecified atom stereocenters. The number of amides is 1. The predicted molar refractivity (Wildman–Crippen MR) is 219 cm³/mol. The van der Waals surface area contributed by atoms with Crippen molar-refractivity contribution in [3.63, 3.8) is 0 Å². The van der Waals surface area contributed by atoms with E-state index in [-0.39, 0.29) is 60.0 Å². The van der Waals surface area contributed by atoms with Gasteiger partial charge in [0.2, 0.25) is 23.4 Å². The second-order valence-electron chi connectivity index (χ2n) is 18.9. The van der Waals surface area contributed by atoms with Gasteiger partial charge in [-0.25, -0.2) is 0 Å². The van der Waals surface area contributed by atoms with Gasteiger partial charge in [-0.05, 0) is 73.3 Å². The van der Waals surface area contributed by atoms with E-state index in [2.05, 4.69) is 25.2 Å². The highest BCUT2D eigenvalue weighted by atomic mass is 16.6. The summed E-state index contributed by atoms with van der Waals surface area (Å²) in [5, 5.41) is 7.70. The van der Waals surface area contributed by atoms with Gasteiger partial charge in [-0.1, -0.05) is 100 Å². The van der Waals surface area contributed by atoms with Gasteiger partial charge >= 0.3 is 11.9 Å². The minimum atomic E-state index is -0.541. The Hall–Kier alpha value is -3.68. The van der Waals surface area contributed by atoms with E-state index in [1.54, 1.807) is 4.90 Å². The Morgan fingerprint density at radius 1 is 0.655 bits per heavy atom. The molecule has 5 rings (SSSR count). The van der Waals surface area contributed by atoms with Gasteiger partial charge in [-0.3, -0.25) is 19.2 Å². The Balaban J connectivity index is 0.000000262. The number of ether oxygens (including phenoxy) is 2. The molecule has 0 radical (unpaired) electrons. The molecule has 0 aromatic carbocycles. The van der Waals surface area contributed by atoms with Crippen LogP contribution in [0, 0.1) is 11.8 Å². The molecule has 3 heterocycles. The van der Waals surface area contributed by atoms with E-state index in [1.165, 1.54) is 77.6 Å². The molecular weight excluding hydrogens is 741 g/mol. The molecule has 14 heteroatoms. The maximum Gasteiger partial charge on any atom is 0.307 e. The summed E-state index contributed by atoms with van der Waals surface area (Å²) in [6, 6.07) is 0. The van der Waals surface area contributed by atoms with E-state index < -0.39 is 11.2 Å². The molecule has 2 saturated carbocycles. The highest BCUT2D eigenvalue weighted by Gasteiger charge is 2.30. The molecule has 2 aromatic heterocycles. The summed E-state index contributed by atoms with van der Waals surface area (Å²) in [5.41, 5.74) is -1.07. The van der Waals surface area contributed by atoms with Crippen LogP contribution in [0.15, 0.2) is 9.05 Å². The number of hydrogen-bond donors (Lipinski definition) is 0. The van der Waals surface area contributed by atoms with Crippen molar-refractivity contribution in [2.24, 2.45) is 11.8 Å². The second-order valence-corrected chi connectivity index (χ2v) is 18.9. The standard InChI is InChI=1S/C24H40N4O4.C20H32N2O4/c1-24(2,3)31-20(29)17-19(12-8-11-18-9-6-5-7-10-18)22-25-21(26-32-22)23(30)28-15-13-27(4)14-16-28;1-14(23)18-21-19(26-22-18)16(13-17(24)25-20(2,3)4)12-8-11-15-9-6-5-7-10-15/h18-19H,5-17H2,1-4H3;15-16H,5-13H2,1-4H3/t19-;16-/m11/s1. The number of aromatic nitrogens is 4. The van der Waals surface area contributed by atoms with Gasteiger partial charge < -0.3 is 28.3 Å². The highest BCUT2D eigenvalue weighted by molar-refractivity contribution is 5.90. The minimum Gasteiger partial charge on any atom is -0.460 e. The molecule has 58 heavy (non-hydrogen) atoms. The maximum absolute atomic E-state index is 12.8. The normalized spacial score (nSPS) is 18.5. The third-order valence-corrected chi connectivity index (χ3v) is 11.3. The molecule has 3 aliphatic rings. The number of carbonyl (C=O) groups excluding carboxylic acids is 4. The lowest BCUT2D eigenvalue weighted by Crippen LogP contribution is -2.47. The topological polar surface area (TPSA) is 171 Å². The Morgan fingerprint density at radius 2 is 1.07 bits per heavy atom. The van der Waals surface area contributed by atoms with E-state index in [0.29, 0.717) is 24.9 Å². The summed E-state index contributed by atoms with van der Waals surface area (Å²) in [4.78, 5) is 61.6. The number of rotatable bonds is 16. The van der Waals surface area contributed by atoms with Gasteiger partial charge in [0.25, 0.3) is 11.7 Å². The van der Waals surface area contributed by atoms with Crippen LogP contribution in [0.25, 0.3) is 0 Å². The first-order valence-corrected chi connectivity index (χ1v) is 22.1. The third kappa shape index (κ3) is 16.9. The van der Waals surface area contributed by atoms with Crippen molar-refractivity contribution in [1.29, 1.82) is 0 Å². The Labute approximate surface area is 346 Å². The van der Waals surface area contributed by atoms with Crippen molar-refractivity contribution in [3.8, 4) is 0 Å². The van der Waals surface area contributed by atoms with Gasteiger partial charge in [0.05, 0.1) is 12.8 Å². The largest absolute Gasteiger partial charge is 0.460 e. The molecule has 2 aromatic rings. The van der Waals surface area contributed by atoms with E-state index in [4.69, 9.17) is 18.5 Å². The quantitative estimate of drug-likeness (QED) is 0.116. The van der Waals surface area contributed by atoms with E-state index in [0.717, 1.165) is 57.0 Å². The fraction of sp³-hybridized carbons (Fsp3) is 0.818. The fourth-order valence-corrected chi connectivity index (χ4v) is 8.23. The SMILES string of the molecule is CC(=O)c1noc([C@H](CCCC2CCCCC2)CC(=O)OC(C)(C)C)n1.CN1CCN(C(=O)c2noc([C@H](CCCC3CCCCC3)CC(=O)OC(C)(C)C)n2)CC1. The molecule has 1 saturated heterocycles. The van der Waals surface area contributed by atoms with Gasteiger partial charge in [-0.2, -0.15) is 9.97 Å². The number of piperazine rings is 1. The van der Waals surface area contributed by atoms with Crippen molar-refractivity contribution < 1.29 is 37.7 Å². The number of carbonyl (C=O) groups is 4. The Morgan fingerprint density at radius 3 is 1.47 bits per heavy atom. The summed E-state index contributed by atoms with van der Waals surface area (Å²) >= 11 is 0. The highest BCUT2D eigenvalue weighted by Crippen LogP contribution is 2.33. The van der Waals surface area contributed by atoms with Gasteiger partial charge in [0.1, 0.15) is 11.2 Å². The van der Waals surface area contributed by atoms with Crippen LogP contribution in [0.1, 0.15) is 209 Å². The number of ketones is 1. The first-order valence-electron chi connectivity index (χ1n) is 22.1. The van der Waals surface area contributed by atoms with Crippen LogP contribution in [0.3, 0.4) is 0 Å². The van der Waals surface area contributed by atoms with Gasteiger partial charge in [0.15, 0.2) is 0 Å². The predicted octanol–water partition coefficient (Wildman–Crippen LogP) is 8.86. The Kier molecular flexibility index (Phi) is 18.3. The zero-order valence-electron chi connectivity index (χ0n) is 36.8. The van der Waals surface area contributed by atoms with Crippen molar-refractivity contribution >= 4 is 23.6 Å². The summed E-state index contributed by atoms with van der Waals surface area (Å²) in [6.07, 6.45) is 19.5. The van der Waals surface area contributed by atoms with Crippen molar-refractivity contribution in [2.45, 2.75) is 187 Å². The molecule has 1 aliphatic heterocycles. The molecule has 14 nitrogen and oxygen atoms in total. The molecular formula is C44H72N6O8. The van der Waals surface area contributed by atoms with Gasteiger partial charge in [-0.15, -0.1) is 0 Å². The van der Waals surface area contributed by atoms with Crippen molar-refractivity contribution in [1.82, 2.24) is 30.1 Å². The fourth-order valence-electron chi connectivity index (χ4n) is 8.23. The summed E-state index contributed by atoms with van der Waals surface area (Å²) in [5.74, 6) is 1.06. The first kappa shape index (κ1) is 47.0. The zero-order valence-corrected chi connectivity index (χ0v) is 36.8. The van der Waals surface area contributed by atoms with E-state index >= 15 is 0 Å². The molecule has 2 atom stereocenters. The average molecular weight is 813 g/mol. The van der Waals surface area contributed by atoms with Crippen LogP contribution < -0.4 is 0 Å². The lowest BCUT2D eigenvalue weighted by atomic mass is 9.84. The molecule has 0 bridgehead atoms. The summed E-state index contributed by atoms with van der Waals surface area (Å²) in [7, 11) is 2.04. The number of Topliss-reactive ketones (excluding diaryl/α,β-unsaturated/α-hetero) is 1. The summed E-state index contributed by atoms with van der Waals surface area (Å²) in [6.45, 7) is 15.5. The van der Waals surface area contributed by atoms with Crippen molar-refractivity contribution in [3.05, 3.63) is 23.4 Å². The first-order chi connectivity index (χ1) is 27.5. The lowest BCUT2D eigenvalue weighted by Gasteiger charge is -2.31. The van der Waals surface area contributed by atoms with Crippen LogP contribution in [-0.4, -0.2) is 98.1 Å². The monoisotopic (exact) mass is 813 g/mol. The van der Waals surface area contributed by atoms with Crippen LogP contribution in [0.2, 0.25) is 0 Å². The van der Waals surface area contributed by atoms with Crippen molar-refractivity contribution in [2.75, 3.05) is 33.2 Å². The van der Waals surface area contributed by atoms with Crippen LogP contribution in [0.4, 0.5) is 0 Å². The smallest absolute Gasteiger partial charge is 0.307 e. The number of hydrogen-bond acceptors (Lipinski definition) is 13. The maximum atomic E-state index is 12.8. The molecule has 0 N–H and O–H groups in total. The van der Waals surface area contributed by atoms with E-state index in [9.17, 15) is 19.2 Å². The zero-order chi connectivity index (χ0) is 42.3. The average Bonchev–Trinajstić information content (AvgIpc) is 3.86. The second kappa shape index (κ2) is 22.6. The Bertz CT molecular complexity index is 1570. The van der Waals surface area contributed by atoms with Crippen LogP contribution >= 0.6 is 0 Å². The molecule has 1 amide bonds. The van der Waals surface area contributed by atoms with Crippen LogP contribution in [0.5, 0.6) is 0 Å². The molecule has 326 valence electrons. The number of esters is 2. The third-order valence-electron chi connectivity index (χ3n) is 11.3. The minimum absolute atomic E-state index is 0.0708. The van der Waals surface area contributed by atoms with Gasteiger partial charge in [0, 0.05) is 44.9 Å². The number of likely N-dealkylation sites (N-methyl/N-ethyl adjacent to an activating group) is 1.